The molecule has 0 spiro atoms. The van der Waals surface area contributed by atoms with Crippen LogP contribution in [0.25, 0.3) is 105 Å². The molecule has 3 nitrogen and oxygen atoms in total. The summed E-state index contributed by atoms with van der Waals surface area (Å²) in [6.07, 6.45) is 0. The van der Waals surface area contributed by atoms with Crippen molar-refractivity contribution in [1.29, 1.82) is 0 Å². The van der Waals surface area contributed by atoms with Gasteiger partial charge in [-0.05, 0) is 88.5 Å². The summed E-state index contributed by atoms with van der Waals surface area (Å²) in [6.45, 7) is 0. The van der Waals surface area contributed by atoms with Gasteiger partial charge in [0.15, 0.2) is 0 Å². The molecule has 51 heavy (non-hydrogen) atoms. The van der Waals surface area contributed by atoms with Crippen molar-refractivity contribution < 1.29 is 8.83 Å². The normalized spacial score (nSPS) is 11.9. The third-order valence-corrected chi connectivity index (χ3v) is 10.4. The number of furan rings is 2. The smallest absolute Gasteiger partial charge is 0.136 e. The fourth-order valence-electron chi connectivity index (χ4n) is 8.02. The van der Waals surface area contributed by atoms with Crippen molar-refractivity contribution in [3.05, 3.63) is 176 Å². The summed E-state index contributed by atoms with van der Waals surface area (Å²) in [4.78, 5) is 0. The molecule has 0 aliphatic heterocycles. The van der Waals surface area contributed by atoms with Crippen LogP contribution in [0.5, 0.6) is 0 Å². The van der Waals surface area contributed by atoms with Crippen LogP contribution in [0.15, 0.2) is 185 Å². The van der Waals surface area contributed by atoms with Gasteiger partial charge < -0.3 is 13.4 Å². The van der Waals surface area contributed by atoms with Gasteiger partial charge in [-0.1, -0.05) is 115 Å². The summed E-state index contributed by atoms with van der Waals surface area (Å²) < 4.78 is 15.2. The van der Waals surface area contributed by atoms with Crippen LogP contribution < -0.4 is 0 Å². The molecule has 0 saturated carbocycles. The maximum Gasteiger partial charge on any atom is 0.136 e. The molecule has 8 aromatic carbocycles. The van der Waals surface area contributed by atoms with Crippen molar-refractivity contribution in [2.75, 3.05) is 0 Å². The number of benzene rings is 8. The van der Waals surface area contributed by atoms with E-state index in [-0.39, 0.29) is 0 Å². The molecule has 0 radical (unpaired) electrons. The third kappa shape index (κ3) is 4.32. The molecule has 3 heterocycles. The first-order valence-electron chi connectivity index (χ1n) is 17.3. The topological polar surface area (TPSA) is 31.2 Å². The number of aromatic nitrogens is 1. The molecule has 3 aromatic heterocycles. The van der Waals surface area contributed by atoms with Gasteiger partial charge in [-0.3, -0.25) is 0 Å². The van der Waals surface area contributed by atoms with E-state index in [1.54, 1.807) is 0 Å². The molecule has 11 aromatic rings. The van der Waals surface area contributed by atoms with Crippen LogP contribution in [0, 0.1) is 0 Å². The van der Waals surface area contributed by atoms with Gasteiger partial charge in [0.2, 0.25) is 0 Å². The molecule has 0 atom stereocenters. The lowest BCUT2D eigenvalue weighted by atomic mass is 9.97. The van der Waals surface area contributed by atoms with E-state index >= 15 is 0 Å². The first-order valence-corrected chi connectivity index (χ1v) is 17.3. The Hall–Kier alpha value is -6.84. The van der Waals surface area contributed by atoms with Gasteiger partial charge in [-0.2, -0.15) is 0 Å². The second-order valence-electron chi connectivity index (χ2n) is 13.3. The lowest BCUT2D eigenvalue weighted by Gasteiger charge is -2.16. The molecular formula is C48H29NO2. The molecule has 238 valence electrons. The number of hydrogen-bond donors (Lipinski definition) is 0. The molecule has 0 unspecified atom stereocenters. The fourth-order valence-corrected chi connectivity index (χ4v) is 8.02. The molecule has 0 aliphatic rings. The first kappa shape index (κ1) is 28.0. The maximum absolute atomic E-state index is 6.37. The predicted octanol–water partition coefficient (Wildman–Crippen LogP) is 13.6. The number of para-hydroxylation sites is 4. The average Bonchev–Trinajstić information content (AvgIpc) is 3.87. The van der Waals surface area contributed by atoms with Crippen molar-refractivity contribution in [3.63, 3.8) is 0 Å². The highest BCUT2D eigenvalue weighted by molar-refractivity contribution is 6.15. The second-order valence-corrected chi connectivity index (χ2v) is 13.3. The summed E-state index contributed by atoms with van der Waals surface area (Å²) in [6, 6.07) is 62.7. The van der Waals surface area contributed by atoms with Crippen LogP contribution in [-0.4, -0.2) is 4.57 Å². The number of fused-ring (bicyclic) bond motifs is 9. The van der Waals surface area contributed by atoms with Gasteiger partial charge in [0.05, 0.1) is 11.0 Å². The molecular weight excluding hydrogens is 623 g/mol. The van der Waals surface area contributed by atoms with E-state index < -0.39 is 0 Å². The predicted molar refractivity (Wildman–Crippen MR) is 212 cm³/mol. The fraction of sp³-hybridized carbons (Fsp3) is 0. The highest BCUT2D eigenvalue weighted by Crippen LogP contribution is 2.42. The molecule has 0 bridgehead atoms. The Kier molecular flexibility index (Phi) is 5.96. The Balaban J connectivity index is 1.19. The standard InChI is InChI=1S/C48H29NO2/c1-2-11-30(12-3-1)33-25-34(31-21-23-40-38-14-5-8-19-44(38)50-46(40)28-31)27-35(26-33)49-43-18-7-4-13-37(43)42-17-10-16-36(48(42)49)32-22-24-41-39-15-6-9-20-45(39)51-47(41)29-32/h1-29H. The van der Waals surface area contributed by atoms with Crippen molar-refractivity contribution in [1.82, 2.24) is 4.57 Å². The lowest BCUT2D eigenvalue weighted by Crippen LogP contribution is -1.97. The van der Waals surface area contributed by atoms with Gasteiger partial charge in [-0.15, -0.1) is 0 Å². The minimum absolute atomic E-state index is 0.889. The van der Waals surface area contributed by atoms with Gasteiger partial charge in [0, 0.05) is 43.6 Å². The highest BCUT2D eigenvalue weighted by Gasteiger charge is 2.19. The monoisotopic (exact) mass is 651 g/mol. The van der Waals surface area contributed by atoms with E-state index in [9.17, 15) is 0 Å². The lowest BCUT2D eigenvalue weighted by molar-refractivity contribution is 0.668. The number of rotatable bonds is 4. The number of nitrogens with zero attached hydrogens (tertiary/aromatic N) is 1. The number of hydrogen-bond acceptors (Lipinski definition) is 2. The SMILES string of the molecule is c1ccc(-c2cc(-c3ccc4c(c3)oc3ccccc34)cc(-n3c4ccccc4c4cccc(-c5ccc6c(c5)oc5ccccc56)c43)c2)cc1. The molecule has 0 N–H and O–H groups in total. The van der Waals surface area contributed by atoms with E-state index in [0.717, 1.165) is 88.4 Å². The van der Waals surface area contributed by atoms with Crippen LogP contribution in [-0.2, 0) is 0 Å². The van der Waals surface area contributed by atoms with Crippen LogP contribution in [0.4, 0.5) is 0 Å². The van der Waals surface area contributed by atoms with Crippen molar-refractivity contribution in [3.8, 4) is 39.1 Å². The molecule has 3 heteroatoms. The van der Waals surface area contributed by atoms with Gasteiger partial charge >= 0.3 is 0 Å². The van der Waals surface area contributed by atoms with Gasteiger partial charge in [0.1, 0.15) is 22.3 Å². The largest absolute Gasteiger partial charge is 0.456 e. The van der Waals surface area contributed by atoms with Gasteiger partial charge in [0.25, 0.3) is 0 Å². The van der Waals surface area contributed by atoms with E-state index in [4.69, 9.17) is 8.83 Å². The summed E-state index contributed by atoms with van der Waals surface area (Å²) in [5, 5.41) is 6.96. The van der Waals surface area contributed by atoms with Crippen molar-refractivity contribution >= 4 is 65.7 Å². The Labute approximate surface area is 293 Å². The van der Waals surface area contributed by atoms with Crippen LogP contribution >= 0.6 is 0 Å². The molecule has 0 fully saturated rings. The van der Waals surface area contributed by atoms with E-state index in [0.29, 0.717) is 0 Å². The van der Waals surface area contributed by atoms with E-state index in [1.807, 2.05) is 24.3 Å². The van der Waals surface area contributed by atoms with E-state index in [1.165, 1.54) is 16.3 Å². The zero-order valence-corrected chi connectivity index (χ0v) is 27.5. The molecule has 0 amide bonds. The molecule has 0 aliphatic carbocycles. The Morgan fingerprint density at radius 3 is 1.59 bits per heavy atom. The Morgan fingerprint density at radius 2 is 0.863 bits per heavy atom. The minimum Gasteiger partial charge on any atom is -0.456 e. The summed E-state index contributed by atoms with van der Waals surface area (Å²) in [5.41, 5.74) is 13.8. The average molecular weight is 652 g/mol. The summed E-state index contributed by atoms with van der Waals surface area (Å²) >= 11 is 0. The Bertz CT molecular complexity index is 3140. The second kappa shape index (κ2) is 10.8. The quantitative estimate of drug-likeness (QED) is 0.190. The Morgan fingerprint density at radius 1 is 0.314 bits per heavy atom. The van der Waals surface area contributed by atoms with Crippen LogP contribution in [0.3, 0.4) is 0 Å². The zero-order valence-electron chi connectivity index (χ0n) is 27.5. The highest BCUT2D eigenvalue weighted by atomic mass is 16.3. The van der Waals surface area contributed by atoms with Crippen molar-refractivity contribution in [2.24, 2.45) is 0 Å². The zero-order chi connectivity index (χ0) is 33.5. The first-order chi connectivity index (χ1) is 25.3. The van der Waals surface area contributed by atoms with E-state index in [2.05, 4.69) is 156 Å². The van der Waals surface area contributed by atoms with Crippen LogP contribution in [0.2, 0.25) is 0 Å². The van der Waals surface area contributed by atoms with Crippen molar-refractivity contribution in [2.45, 2.75) is 0 Å². The molecule has 0 saturated heterocycles. The summed E-state index contributed by atoms with van der Waals surface area (Å²) in [7, 11) is 0. The van der Waals surface area contributed by atoms with Crippen LogP contribution in [0.1, 0.15) is 0 Å². The maximum atomic E-state index is 6.37. The summed E-state index contributed by atoms with van der Waals surface area (Å²) in [5.74, 6) is 0. The van der Waals surface area contributed by atoms with Gasteiger partial charge in [-0.25, -0.2) is 0 Å². The molecule has 11 rings (SSSR count). The third-order valence-electron chi connectivity index (χ3n) is 10.4. The minimum atomic E-state index is 0.889.